The second-order valence-electron chi connectivity index (χ2n) is 7.17. The maximum absolute atomic E-state index is 11.8. The standard InChI is InChI=1S/C18H35NO4P/c1-5-17(20)23-14-12-10-8-6-7-9-11-13-15-24(22)18(21)16-19(2,3)4/h5,22H,1,6-16H2,2-4H3/q+1. The quantitative estimate of drug-likeness (QED) is 0.160. The first kappa shape index (κ1) is 23.2. The van der Waals surface area contributed by atoms with Crippen molar-refractivity contribution in [2.24, 2.45) is 0 Å². The molecule has 0 fully saturated rings. The van der Waals surface area contributed by atoms with Gasteiger partial charge in [-0.15, -0.1) is 0 Å². The molecule has 5 nitrogen and oxygen atoms in total. The maximum Gasteiger partial charge on any atom is 0.330 e. The fourth-order valence-corrected chi connectivity index (χ4v) is 3.63. The third-order valence-corrected chi connectivity index (χ3v) is 5.03. The van der Waals surface area contributed by atoms with Crippen molar-refractivity contribution in [1.29, 1.82) is 0 Å². The number of rotatable bonds is 15. The molecule has 0 aromatic carbocycles. The van der Waals surface area contributed by atoms with Crippen LogP contribution in [0.5, 0.6) is 0 Å². The number of ether oxygens (including phenoxy) is 1. The van der Waals surface area contributed by atoms with Crippen LogP contribution in [0.2, 0.25) is 0 Å². The Morgan fingerprint density at radius 3 is 2.00 bits per heavy atom. The van der Waals surface area contributed by atoms with E-state index in [1.807, 2.05) is 21.1 Å². The zero-order chi connectivity index (χ0) is 18.4. The first-order valence-electron chi connectivity index (χ1n) is 8.85. The molecule has 1 N–H and O–H groups in total. The lowest BCUT2D eigenvalue weighted by Gasteiger charge is -2.23. The molecular formula is C18H35NO4P+. The van der Waals surface area contributed by atoms with E-state index in [2.05, 4.69) is 6.58 Å². The number of unbranched alkanes of at least 4 members (excludes halogenated alkanes) is 7. The Balaban J connectivity index is 3.40. The van der Waals surface area contributed by atoms with Gasteiger partial charge in [0, 0.05) is 6.08 Å². The summed E-state index contributed by atoms with van der Waals surface area (Å²) in [7, 11) is 4.44. The minimum atomic E-state index is -1.45. The number of hydrogen-bond donors (Lipinski definition) is 1. The van der Waals surface area contributed by atoms with Gasteiger partial charge in [0.05, 0.1) is 27.7 Å². The van der Waals surface area contributed by atoms with Crippen LogP contribution in [0.3, 0.4) is 0 Å². The summed E-state index contributed by atoms with van der Waals surface area (Å²) in [6, 6.07) is 0. The van der Waals surface area contributed by atoms with Crippen LogP contribution in [-0.2, 0) is 14.3 Å². The van der Waals surface area contributed by atoms with E-state index in [1.54, 1.807) is 0 Å². The predicted octanol–water partition coefficient (Wildman–Crippen LogP) is 3.46. The number of carbonyl (C=O) groups excluding carboxylic acids is 2. The van der Waals surface area contributed by atoms with Crippen LogP contribution in [0.1, 0.15) is 51.4 Å². The van der Waals surface area contributed by atoms with Crippen LogP contribution in [0.15, 0.2) is 12.7 Å². The fraction of sp³-hybridized carbons (Fsp3) is 0.778. The summed E-state index contributed by atoms with van der Waals surface area (Å²) < 4.78 is 5.49. The number of esters is 1. The summed E-state index contributed by atoms with van der Waals surface area (Å²) in [6.45, 7) is 4.24. The van der Waals surface area contributed by atoms with Crippen molar-refractivity contribution in [2.45, 2.75) is 51.4 Å². The molecule has 0 amide bonds. The van der Waals surface area contributed by atoms with Gasteiger partial charge in [0.1, 0.15) is 14.7 Å². The van der Waals surface area contributed by atoms with Gasteiger partial charge >= 0.3 is 5.97 Å². The number of quaternary nitrogens is 1. The average Bonchev–Trinajstić information content (AvgIpc) is 2.50. The summed E-state index contributed by atoms with van der Waals surface area (Å²) in [5.74, 6) is -0.348. The van der Waals surface area contributed by atoms with Gasteiger partial charge in [-0.25, -0.2) is 4.79 Å². The third-order valence-electron chi connectivity index (χ3n) is 3.57. The molecule has 6 heteroatoms. The molecule has 0 aliphatic rings. The van der Waals surface area contributed by atoms with Gasteiger partial charge in [0.15, 0.2) is 0 Å². The normalized spacial score (nSPS) is 12.7. The molecule has 0 heterocycles. The molecule has 0 saturated heterocycles. The first-order chi connectivity index (χ1) is 11.3. The molecule has 0 bridgehead atoms. The van der Waals surface area contributed by atoms with Crippen molar-refractivity contribution in [3.05, 3.63) is 12.7 Å². The van der Waals surface area contributed by atoms with Gasteiger partial charge in [-0.2, -0.15) is 0 Å². The molecule has 0 saturated carbocycles. The third kappa shape index (κ3) is 14.8. The highest BCUT2D eigenvalue weighted by molar-refractivity contribution is 7.69. The zero-order valence-corrected chi connectivity index (χ0v) is 16.5. The van der Waals surface area contributed by atoms with Gasteiger partial charge < -0.3 is 14.1 Å². The predicted molar refractivity (Wildman–Crippen MR) is 100 cm³/mol. The van der Waals surface area contributed by atoms with E-state index in [4.69, 9.17) is 4.74 Å². The van der Waals surface area contributed by atoms with Crippen molar-refractivity contribution < 1.29 is 23.7 Å². The number of likely N-dealkylation sites (N-methyl/N-ethyl adjacent to an activating group) is 1. The van der Waals surface area contributed by atoms with Crippen LogP contribution in [0, 0.1) is 0 Å². The van der Waals surface area contributed by atoms with Gasteiger partial charge in [-0.3, -0.25) is 4.79 Å². The summed E-state index contributed by atoms with van der Waals surface area (Å²) in [5.41, 5.74) is 0.00894. The Bertz CT molecular complexity index is 380. The Morgan fingerprint density at radius 2 is 1.50 bits per heavy atom. The maximum atomic E-state index is 11.8. The van der Waals surface area contributed by atoms with Crippen molar-refractivity contribution in [2.75, 3.05) is 40.5 Å². The van der Waals surface area contributed by atoms with Crippen molar-refractivity contribution in [3.63, 3.8) is 0 Å². The van der Waals surface area contributed by atoms with Crippen molar-refractivity contribution in [1.82, 2.24) is 0 Å². The van der Waals surface area contributed by atoms with E-state index >= 15 is 0 Å². The zero-order valence-electron chi connectivity index (χ0n) is 15.6. The van der Waals surface area contributed by atoms with Crippen LogP contribution in [0.4, 0.5) is 0 Å². The van der Waals surface area contributed by atoms with E-state index < -0.39 is 8.15 Å². The highest BCUT2D eigenvalue weighted by atomic mass is 31.1. The summed E-state index contributed by atoms with van der Waals surface area (Å²) in [6.07, 6.45) is 10.5. The largest absolute Gasteiger partial charge is 0.463 e. The average molecular weight is 360 g/mol. The van der Waals surface area contributed by atoms with Crippen LogP contribution in [0.25, 0.3) is 0 Å². The molecule has 0 radical (unpaired) electrons. The van der Waals surface area contributed by atoms with Gasteiger partial charge in [-0.05, 0) is 19.0 Å². The smallest absolute Gasteiger partial charge is 0.330 e. The number of nitrogens with zero attached hydrogens (tertiary/aromatic N) is 1. The highest BCUT2D eigenvalue weighted by Gasteiger charge is 2.21. The molecule has 24 heavy (non-hydrogen) atoms. The van der Waals surface area contributed by atoms with E-state index in [-0.39, 0.29) is 11.5 Å². The van der Waals surface area contributed by atoms with Crippen LogP contribution >= 0.6 is 8.15 Å². The molecule has 0 rings (SSSR count). The minimum absolute atomic E-state index is 0.00894. The van der Waals surface area contributed by atoms with E-state index in [0.29, 0.717) is 23.8 Å². The lowest BCUT2D eigenvalue weighted by Crippen LogP contribution is -2.39. The molecule has 1 unspecified atom stereocenters. The van der Waals surface area contributed by atoms with Gasteiger partial charge in [-0.1, -0.05) is 45.1 Å². The molecule has 1 atom stereocenters. The molecule has 0 aromatic heterocycles. The lowest BCUT2D eigenvalue weighted by atomic mass is 10.1. The van der Waals surface area contributed by atoms with E-state index in [0.717, 1.165) is 38.5 Å². The molecular weight excluding hydrogens is 325 g/mol. The summed E-state index contributed by atoms with van der Waals surface area (Å²) in [4.78, 5) is 32.6. The summed E-state index contributed by atoms with van der Waals surface area (Å²) >= 11 is 0. The Labute approximate surface area is 148 Å². The van der Waals surface area contributed by atoms with Crippen molar-refractivity contribution in [3.8, 4) is 0 Å². The molecule has 0 aliphatic carbocycles. The molecule has 0 spiro atoms. The van der Waals surface area contributed by atoms with Gasteiger partial charge in [0.2, 0.25) is 5.52 Å². The molecule has 140 valence electrons. The fourth-order valence-electron chi connectivity index (χ4n) is 2.27. The van der Waals surface area contributed by atoms with E-state index in [9.17, 15) is 14.5 Å². The van der Waals surface area contributed by atoms with Crippen LogP contribution in [-0.4, -0.2) is 61.3 Å². The minimum Gasteiger partial charge on any atom is -0.463 e. The monoisotopic (exact) mass is 360 g/mol. The van der Waals surface area contributed by atoms with Crippen molar-refractivity contribution >= 4 is 19.6 Å². The highest BCUT2D eigenvalue weighted by Crippen LogP contribution is 2.33. The Hall–Kier alpha value is -0.770. The van der Waals surface area contributed by atoms with Gasteiger partial charge in [0.25, 0.3) is 0 Å². The lowest BCUT2D eigenvalue weighted by molar-refractivity contribution is -0.861. The topological polar surface area (TPSA) is 63.6 Å². The summed E-state index contributed by atoms with van der Waals surface area (Å²) in [5, 5.41) is 0. The van der Waals surface area contributed by atoms with Crippen LogP contribution < -0.4 is 0 Å². The SMILES string of the molecule is C=CC(=O)OCCCCCCCCCCP(O)C(=O)C[N+](C)(C)C. The Morgan fingerprint density at radius 1 is 1.00 bits per heavy atom. The number of hydrogen-bond acceptors (Lipinski definition) is 4. The number of carbonyl (C=O) groups is 2. The second-order valence-corrected chi connectivity index (χ2v) is 8.91. The van der Waals surface area contributed by atoms with E-state index in [1.165, 1.54) is 18.9 Å². The Kier molecular flexibility index (Phi) is 13.1. The molecule has 0 aliphatic heterocycles. The second kappa shape index (κ2) is 13.5. The molecule has 0 aromatic rings. The first-order valence-corrected chi connectivity index (χ1v) is 10.3.